The van der Waals surface area contributed by atoms with Crippen molar-refractivity contribution in [3.05, 3.63) is 24.8 Å². The van der Waals surface area contributed by atoms with Crippen molar-refractivity contribution in [2.75, 3.05) is 6.54 Å². The summed E-state index contributed by atoms with van der Waals surface area (Å²) in [7, 11) is 0. The van der Waals surface area contributed by atoms with Crippen LogP contribution in [0.4, 0.5) is 0 Å². The van der Waals surface area contributed by atoms with Crippen molar-refractivity contribution < 1.29 is 19.1 Å². The van der Waals surface area contributed by atoms with Gasteiger partial charge in [-0.05, 0) is 33.6 Å². The fourth-order valence-corrected chi connectivity index (χ4v) is 5.59. The van der Waals surface area contributed by atoms with Gasteiger partial charge >= 0.3 is 0 Å². The minimum Gasteiger partial charge on any atom is -0.359 e. The van der Waals surface area contributed by atoms with Gasteiger partial charge in [0.05, 0.1) is 17.9 Å². The summed E-state index contributed by atoms with van der Waals surface area (Å²) in [6, 6.07) is -0.660. The van der Waals surface area contributed by atoms with Gasteiger partial charge < -0.3 is 20.3 Å². The van der Waals surface area contributed by atoms with E-state index in [0.717, 1.165) is 25.7 Å². The molecular weight excluding hydrogens is 382 g/mol. The summed E-state index contributed by atoms with van der Waals surface area (Å²) in [6.07, 6.45) is 10.2. The minimum absolute atomic E-state index is 0.132. The average Bonchev–Trinajstić information content (AvgIpc) is 3.29. The standard InChI is InChI=1S/C23H33N3O4/c1-5-13-26-18(20(28)25-22(2,3)4)23-12-11-15(30-23)16(17(23)21(26)29)19(27)24-14-9-7-6-8-10-14/h5,11-12,14-18H,1,6-10,13H2,2-4H3,(H,24,27)(H,25,28)/t15-,16+,17-,18-,23+/m1/s1. The lowest BCUT2D eigenvalue weighted by Crippen LogP contribution is -2.58. The number of hydrogen-bond acceptors (Lipinski definition) is 4. The molecule has 2 saturated heterocycles. The fraction of sp³-hybridized carbons (Fsp3) is 0.696. The highest BCUT2D eigenvalue weighted by Gasteiger charge is 2.72. The van der Waals surface area contributed by atoms with E-state index in [0.29, 0.717) is 0 Å². The summed E-state index contributed by atoms with van der Waals surface area (Å²) >= 11 is 0. The van der Waals surface area contributed by atoms with E-state index in [-0.39, 0.29) is 30.3 Å². The van der Waals surface area contributed by atoms with Crippen LogP contribution in [0.1, 0.15) is 52.9 Å². The van der Waals surface area contributed by atoms with Gasteiger partial charge in [-0.25, -0.2) is 0 Å². The molecule has 1 spiro atoms. The summed E-state index contributed by atoms with van der Waals surface area (Å²) in [5, 5.41) is 6.15. The van der Waals surface area contributed by atoms with Gasteiger partial charge in [0.25, 0.3) is 0 Å². The van der Waals surface area contributed by atoms with Crippen LogP contribution in [-0.2, 0) is 19.1 Å². The minimum atomic E-state index is -1.10. The quantitative estimate of drug-likeness (QED) is 0.669. The Morgan fingerprint density at radius 1 is 1.27 bits per heavy atom. The van der Waals surface area contributed by atoms with Crippen molar-refractivity contribution in [1.82, 2.24) is 15.5 Å². The smallest absolute Gasteiger partial charge is 0.246 e. The van der Waals surface area contributed by atoms with Gasteiger partial charge in [0.2, 0.25) is 17.7 Å². The Kier molecular flexibility index (Phi) is 5.29. The predicted octanol–water partition coefficient (Wildman–Crippen LogP) is 1.69. The third kappa shape index (κ3) is 3.37. The molecule has 7 nitrogen and oxygen atoms in total. The van der Waals surface area contributed by atoms with E-state index in [2.05, 4.69) is 17.2 Å². The summed E-state index contributed by atoms with van der Waals surface area (Å²) < 4.78 is 6.27. The average molecular weight is 416 g/mol. The second kappa shape index (κ2) is 7.52. The van der Waals surface area contributed by atoms with Crippen molar-refractivity contribution in [3.63, 3.8) is 0 Å². The van der Waals surface area contributed by atoms with Crippen LogP contribution in [0.3, 0.4) is 0 Å². The van der Waals surface area contributed by atoms with E-state index in [1.807, 2.05) is 32.9 Å². The Balaban J connectivity index is 1.63. The maximum absolute atomic E-state index is 13.5. The van der Waals surface area contributed by atoms with E-state index in [4.69, 9.17) is 4.74 Å². The number of carbonyl (C=O) groups excluding carboxylic acids is 3. The van der Waals surface area contributed by atoms with Gasteiger partial charge in [0.1, 0.15) is 11.6 Å². The second-order valence-corrected chi connectivity index (χ2v) is 10.1. The van der Waals surface area contributed by atoms with Gasteiger partial charge in [-0.2, -0.15) is 0 Å². The number of rotatable bonds is 5. The number of amides is 3. The zero-order valence-electron chi connectivity index (χ0n) is 18.1. The number of ether oxygens (including phenoxy) is 1. The van der Waals surface area contributed by atoms with E-state index >= 15 is 0 Å². The van der Waals surface area contributed by atoms with Crippen LogP contribution in [0, 0.1) is 11.8 Å². The molecular formula is C23H33N3O4. The second-order valence-electron chi connectivity index (χ2n) is 10.1. The molecule has 0 radical (unpaired) electrons. The predicted molar refractivity (Wildman–Crippen MR) is 112 cm³/mol. The maximum atomic E-state index is 13.5. The van der Waals surface area contributed by atoms with Crippen LogP contribution >= 0.6 is 0 Å². The lowest BCUT2D eigenvalue weighted by molar-refractivity contribution is -0.141. The largest absolute Gasteiger partial charge is 0.359 e. The highest BCUT2D eigenvalue weighted by molar-refractivity contribution is 6.00. The molecule has 0 unspecified atom stereocenters. The molecule has 3 amide bonds. The molecule has 30 heavy (non-hydrogen) atoms. The van der Waals surface area contributed by atoms with E-state index in [1.54, 1.807) is 6.08 Å². The normalized spacial score (nSPS) is 35.4. The Morgan fingerprint density at radius 3 is 2.60 bits per heavy atom. The number of likely N-dealkylation sites (tertiary alicyclic amines) is 1. The Hall–Kier alpha value is -2.15. The molecule has 0 aromatic carbocycles. The van der Waals surface area contributed by atoms with Crippen molar-refractivity contribution >= 4 is 17.7 Å². The van der Waals surface area contributed by atoms with Crippen LogP contribution in [0.15, 0.2) is 24.8 Å². The highest BCUT2D eigenvalue weighted by atomic mass is 16.5. The monoisotopic (exact) mass is 415 g/mol. The van der Waals surface area contributed by atoms with E-state index in [1.165, 1.54) is 11.3 Å². The lowest BCUT2D eigenvalue weighted by Gasteiger charge is -2.34. The zero-order valence-corrected chi connectivity index (χ0v) is 18.1. The van der Waals surface area contributed by atoms with Gasteiger partial charge in [0, 0.05) is 18.1 Å². The SMILES string of the molecule is C=CCN1C(=O)[C@H]2[C@@H](C(=O)NC3CCCCC3)[C@H]3C=C[C@@]2(O3)[C@H]1C(=O)NC(C)(C)C. The molecule has 4 rings (SSSR count). The van der Waals surface area contributed by atoms with Crippen molar-refractivity contribution in [2.24, 2.45) is 11.8 Å². The van der Waals surface area contributed by atoms with Crippen LogP contribution in [0.25, 0.3) is 0 Å². The molecule has 0 aromatic heterocycles. The van der Waals surface area contributed by atoms with E-state index < -0.39 is 35.1 Å². The summed E-state index contributed by atoms with van der Waals surface area (Å²) in [4.78, 5) is 41.5. The molecule has 3 heterocycles. The Labute approximate surface area is 178 Å². The first-order valence-corrected chi connectivity index (χ1v) is 11.1. The van der Waals surface area contributed by atoms with Crippen LogP contribution in [0.2, 0.25) is 0 Å². The molecule has 2 N–H and O–H groups in total. The topological polar surface area (TPSA) is 87.7 Å². The molecule has 1 aliphatic carbocycles. The van der Waals surface area contributed by atoms with Gasteiger partial charge in [-0.1, -0.05) is 37.5 Å². The molecule has 7 heteroatoms. The first kappa shape index (κ1) is 21.1. The first-order valence-electron chi connectivity index (χ1n) is 11.1. The molecule has 4 aliphatic rings. The van der Waals surface area contributed by atoms with Crippen molar-refractivity contribution in [1.29, 1.82) is 0 Å². The number of hydrogen-bond donors (Lipinski definition) is 2. The summed E-state index contributed by atoms with van der Waals surface area (Å²) in [5.74, 6) is -1.90. The van der Waals surface area contributed by atoms with Crippen LogP contribution in [0.5, 0.6) is 0 Å². The summed E-state index contributed by atoms with van der Waals surface area (Å²) in [6.45, 7) is 9.68. The zero-order chi connectivity index (χ0) is 21.7. The molecule has 1 saturated carbocycles. The number of carbonyl (C=O) groups is 3. The highest BCUT2D eigenvalue weighted by Crippen LogP contribution is 2.55. The lowest BCUT2D eigenvalue weighted by atomic mass is 9.74. The third-order valence-electron chi connectivity index (χ3n) is 6.70. The molecule has 2 bridgehead atoms. The Bertz CT molecular complexity index is 780. The molecule has 164 valence electrons. The molecule has 5 atom stereocenters. The van der Waals surface area contributed by atoms with Gasteiger partial charge in [0.15, 0.2) is 0 Å². The number of nitrogens with zero attached hydrogens (tertiary/aromatic N) is 1. The number of fused-ring (bicyclic) bond motifs is 1. The van der Waals surface area contributed by atoms with Gasteiger partial charge in [-0.3, -0.25) is 14.4 Å². The van der Waals surface area contributed by atoms with Gasteiger partial charge in [-0.15, -0.1) is 6.58 Å². The summed E-state index contributed by atoms with van der Waals surface area (Å²) in [5.41, 5.74) is -1.55. The number of nitrogens with one attached hydrogen (secondary N) is 2. The Morgan fingerprint density at radius 2 is 1.97 bits per heavy atom. The van der Waals surface area contributed by atoms with Crippen LogP contribution < -0.4 is 10.6 Å². The molecule has 0 aromatic rings. The van der Waals surface area contributed by atoms with E-state index in [9.17, 15) is 14.4 Å². The molecule has 3 fully saturated rings. The maximum Gasteiger partial charge on any atom is 0.246 e. The fourth-order valence-electron chi connectivity index (χ4n) is 5.59. The van der Waals surface area contributed by atoms with Crippen molar-refractivity contribution in [3.8, 4) is 0 Å². The first-order chi connectivity index (χ1) is 14.2. The van der Waals surface area contributed by atoms with Crippen molar-refractivity contribution in [2.45, 2.75) is 82.2 Å². The van der Waals surface area contributed by atoms with Crippen LogP contribution in [-0.4, -0.2) is 58.5 Å². The molecule has 3 aliphatic heterocycles. The third-order valence-corrected chi connectivity index (χ3v) is 6.70.